The van der Waals surface area contributed by atoms with Crippen LogP contribution < -0.4 is 0 Å². The van der Waals surface area contributed by atoms with E-state index < -0.39 is 5.97 Å². The van der Waals surface area contributed by atoms with E-state index in [0.717, 1.165) is 12.1 Å². The summed E-state index contributed by atoms with van der Waals surface area (Å²) in [6, 6.07) is 0. The molecular formula is C8H11NO2S. The zero-order valence-electron chi connectivity index (χ0n) is 6.91. The molecule has 1 N–H and O–H groups in total. The van der Waals surface area contributed by atoms with Crippen LogP contribution in [0.15, 0.2) is 5.51 Å². The first-order valence-electron chi connectivity index (χ1n) is 3.81. The highest BCUT2D eigenvalue weighted by Crippen LogP contribution is 2.13. The summed E-state index contributed by atoms with van der Waals surface area (Å²) >= 11 is 1.60. The summed E-state index contributed by atoms with van der Waals surface area (Å²) in [5.41, 5.74) is 2.84. The number of hydrogen-bond acceptors (Lipinski definition) is 3. The quantitative estimate of drug-likeness (QED) is 0.778. The number of rotatable bonds is 4. The number of hydrogen-bond donors (Lipinski definition) is 1. The van der Waals surface area contributed by atoms with Crippen molar-refractivity contribution in [1.29, 1.82) is 0 Å². The minimum absolute atomic E-state index is 0.233. The minimum Gasteiger partial charge on any atom is -0.481 e. The van der Waals surface area contributed by atoms with Crippen molar-refractivity contribution in [2.75, 3.05) is 0 Å². The summed E-state index contributed by atoms with van der Waals surface area (Å²) in [6.07, 6.45) is 1.69. The molecule has 0 saturated carbocycles. The summed E-state index contributed by atoms with van der Waals surface area (Å²) in [7, 11) is 0. The van der Waals surface area contributed by atoms with Crippen molar-refractivity contribution >= 4 is 17.3 Å². The number of nitrogens with zero attached hydrogens (tertiary/aromatic N) is 1. The Morgan fingerprint density at radius 3 is 3.00 bits per heavy atom. The zero-order chi connectivity index (χ0) is 8.97. The number of aromatic nitrogens is 1. The van der Waals surface area contributed by atoms with Crippen molar-refractivity contribution < 1.29 is 9.90 Å². The van der Waals surface area contributed by atoms with E-state index in [2.05, 4.69) is 4.98 Å². The number of carboxylic acids is 1. The lowest BCUT2D eigenvalue weighted by Crippen LogP contribution is -1.96. The van der Waals surface area contributed by atoms with Gasteiger partial charge in [0.05, 0.1) is 11.2 Å². The van der Waals surface area contributed by atoms with Crippen molar-refractivity contribution in [2.24, 2.45) is 0 Å². The second-order valence-electron chi connectivity index (χ2n) is 2.60. The van der Waals surface area contributed by atoms with E-state index in [1.165, 1.54) is 4.88 Å². The van der Waals surface area contributed by atoms with Gasteiger partial charge >= 0.3 is 5.97 Å². The molecule has 0 aromatic carbocycles. The van der Waals surface area contributed by atoms with Crippen LogP contribution >= 0.6 is 11.3 Å². The van der Waals surface area contributed by atoms with Gasteiger partial charge in [-0.25, -0.2) is 4.98 Å². The second kappa shape index (κ2) is 4.21. The predicted octanol–water partition coefficient (Wildman–Crippen LogP) is 1.86. The van der Waals surface area contributed by atoms with Crippen molar-refractivity contribution in [1.82, 2.24) is 4.98 Å². The van der Waals surface area contributed by atoms with Gasteiger partial charge in [-0.2, -0.15) is 0 Å². The molecule has 0 saturated heterocycles. The molecule has 0 aliphatic carbocycles. The van der Waals surface area contributed by atoms with Crippen molar-refractivity contribution in [3.05, 3.63) is 16.1 Å². The molecule has 12 heavy (non-hydrogen) atoms. The lowest BCUT2D eigenvalue weighted by Gasteiger charge is -1.95. The molecule has 1 heterocycles. The fourth-order valence-corrected chi connectivity index (χ4v) is 1.60. The molecule has 1 rings (SSSR count). The van der Waals surface area contributed by atoms with Crippen LogP contribution in [-0.4, -0.2) is 16.1 Å². The van der Waals surface area contributed by atoms with Crippen LogP contribution in [-0.2, 0) is 11.2 Å². The Labute approximate surface area is 75.1 Å². The fraction of sp³-hybridized carbons (Fsp3) is 0.500. The SMILES string of the molecule is Cc1scnc1CCCC(=O)O. The predicted molar refractivity (Wildman–Crippen MR) is 47.4 cm³/mol. The van der Waals surface area contributed by atoms with Gasteiger partial charge in [-0.15, -0.1) is 11.3 Å². The van der Waals surface area contributed by atoms with Gasteiger partial charge in [-0.1, -0.05) is 0 Å². The van der Waals surface area contributed by atoms with Crippen LogP contribution in [0.3, 0.4) is 0 Å². The summed E-state index contributed by atoms with van der Waals surface area (Å²) in [4.78, 5) is 15.5. The van der Waals surface area contributed by atoms with E-state index in [1.807, 2.05) is 6.92 Å². The van der Waals surface area contributed by atoms with E-state index in [9.17, 15) is 4.79 Å². The molecule has 0 atom stereocenters. The van der Waals surface area contributed by atoms with Crippen molar-refractivity contribution in [3.63, 3.8) is 0 Å². The lowest BCUT2D eigenvalue weighted by molar-refractivity contribution is -0.137. The summed E-state index contributed by atoms with van der Waals surface area (Å²) < 4.78 is 0. The van der Waals surface area contributed by atoms with E-state index in [1.54, 1.807) is 16.8 Å². The van der Waals surface area contributed by atoms with E-state index in [-0.39, 0.29) is 6.42 Å². The normalized spacial score (nSPS) is 10.1. The van der Waals surface area contributed by atoms with Crippen molar-refractivity contribution in [3.8, 4) is 0 Å². The van der Waals surface area contributed by atoms with Gasteiger partial charge in [0.25, 0.3) is 0 Å². The average Bonchev–Trinajstić information content (AvgIpc) is 2.36. The molecule has 4 heteroatoms. The average molecular weight is 185 g/mol. The Kier molecular flexibility index (Phi) is 3.22. The number of thiazole rings is 1. The van der Waals surface area contributed by atoms with Gasteiger partial charge < -0.3 is 5.11 Å². The molecule has 3 nitrogen and oxygen atoms in total. The van der Waals surface area contributed by atoms with Crippen LogP contribution in [0, 0.1) is 6.92 Å². The monoisotopic (exact) mass is 185 g/mol. The Bertz CT molecular complexity index is 270. The molecule has 0 bridgehead atoms. The van der Waals surface area contributed by atoms with Crippen LogP contribution in [0.4, 0.5) is 0 Å². The highest BCUT2D eigenvalue weighted by Gasteiger charge is 2.02. The molecule has 0 aliphatic heterocycles. The van der Waals surface area contributed by atoms with Gasteiger partial charge in [0.15, 0.2) is 0 Å². The Balaban J connectivity index is 2.33. The molecule has 1 aromatic heterocycles. The summed E-state index contributed by atoms with van der Waals surface area (Å²) in [6.45, 7) is 2.01. The van der Waals surface area contributed by atoms with Crippen LogP contribution in [0.5, 0.6) is 0 Å². The molecule has 0 amide bonds. The smallest absolute Gasteiger partial charge is 0.303 e. The number of aliphatic carboxylic acids is 1. The first-order valence-corrected chi connectivity index (χ1v) is 4.69. The van der Waals surface area contributed by atoms with E-state index >= 15 is 0 Å². The molecule has 0 unspecified atom stereocenters. The first-order chi connectivity index (χ1) is 5.70. The molecular weight excluding hydrogens is 174 g/mol. The Hall–Kier alpha value is -0.900. The fourth-order valence-electron chi connectivity index (χ4n) is 0.976. The van der Waals surface area contributed by atoms with Gasteiger partial charge in [-0.05, 0) is 19.8 Å². The largest absolute Gasteiger partial charge is 0.481 e. The van der Waals surface area contributed by atoms with Crippen molar-refractivity contribution in [2.45, 2.75) is 26.2 Å². The lowest BCUT2D eigenvalue weighted by atomic mass is 10.2. The molecule has 0 fully saturated rings. The number of carboxylic acid groups (broad SMARTS) is 1. The highest BCUT2D eigenvalue weighted by atomic mass is 32.1. The maximum atomic E-state index is 10.2. The topological polar surface area (TPSA) is 50.2 Å². The molecule has 1 aromatic rings. The Morgan fingerprint density at radius 2 is 2.50 bits per heavy atom. The van der Waals surface area contributed by atoms with E-state index in [0.29, 0.717) is 6.42 Å². The first kappa shape index (κ1) is 9.19. The Morgan fingerprint density at radius 1 is 1.75 bits per heavy atom. The summed E-state index contributed by atoms with van der Waals surface area (Å²) in [5.74, 6) is -0.733. The second-order valence-corrected chi connectivity index (χ2v) is 3.66. The number of carbonyl (C=O) groups is 1. The maximum absolute atomic E-state index is 10.2. The highest BCUT2D eigenvalue weighted by molar-refractivity contribution is 7.09. The molecule has 66 valence electrons. The molecule has 0 radical (unpaired) electrons. The third-order valence-electron chi connectivity index (χ3n) is 1.65. The third-order valence-corrected chi connectivity index (χ3v) is 2.45. The van der Waals surface area contributed by atoms with Gasteiger partial charge in [-0.3, -0.25) is 4.79 Å². The van der Waals surface area contributed by atoms with Gasteiger partial charge in [0.2, 0.25) is 0 Å². The van der Waals surface area contributed by atoms with E-state index in [4.69, 9.17) is 5.11 Å². The zero-order valence-corrected chi connectivity index (χ0v) is 7.73. The standard InChI is InChI=1S/C8H11NO2S/c1-6-7(9-5-12-6)3-2-4-8(10)11/h5H,2-4H2,1H3,(H,10,11). The van der Waals surface area contributed by atoms with Crippen LogP contribution in [0.25, 0.3) is 0 Å². The van der Waals surface area contributed by atoms with Crippen LogP contribution in [0.1, 0.15) is 23.4 Å². The minimum atomic E-state index is -0.733. The third kappa shape index (κ3) is 2.62. The maximum Gasteiger partial charge on any atom is 0.303 e. The van der Waals surface area contributed by atoms with Gasteiger partial charge in [0.1, 0.15) is 0 Å². The van der Waals surface area contributed by atoms with Gasteiger partial charge in [0, 0.05) is 11.3 Å². The summed E-state index contributed by atoms with van der Waals surface area (Å²) in [5, 5.41) is 8.39. The van der Waals surface area contributed by atoms with Crippen LogP contribution in [0.2, 0.25) is 0 Å². The molecule has 0 spiro atoms. The number of aryl methyl sites for hydroxylation is 2. The molecule has 0 aliphatic rings.